The van der Waals surface area contributed by atoms with E-state index in [2.05, 4.69) is 5.92 Å². The molecule has 1 fully saturated rings. The topological polar surface area (TPSA) is 29.5 Å². The summed E-state index contributed by atoms with van der Waals surface area (Å²) in [7, 11) is 0. The first-order chi connectivity index (χ1) is 5.24. The summed E-state index contributed by atoms with van der Waals surface area (Å²) < 4.78 is 5.43. The van der Waals surface area contributed by atoms with Crippen LogP contribution >= 0.6 is 0 Å². The minimum Gasteiger partial charge on any atom is -0.389 e. The van der Waals surface area contributed by atoms with Crippen molar-refractivity contribution in [3.63, 3.8) is 0 Å². The molecule has 0 spiro atoms. The van der Waals surface area contributed by atoms with E-state index in [1.54, 1.807) is 0 Å². The summed E-state index contributed by atoms with van der Waals surface area (Å²) in [5, 5.41) is 9.40. The van der Waals surface area contributed by atoms with Crippen molar-refractivity contribution in [2.75, 3.05) is 0 Å². The van der Waals surface area contributed by atoms with Gasteiger partial charge in [-0.2, -0.15) is 0 Å². The van der Waals surface area contributed by atoms with Gasteiger partial charge < -0.3 is 9.84 Å². The lowest BCUT2D eigenvalue weighted by molar-refractivity contribution is -0.0259. The number of aliphatic hydroxyl groups is 1. The lowest BCUT2D eigenvalue weighted by Gasteiger charge is -2.15. The number of terminal acetylenes is 1. The molecule has 1 aliphatic heterocycles. The van der Waals surface area contributed by atoms with Crippen molar-refractivity contribution in [3.8, 4) is 12.3 Å². The number of aliphatic hydroxyl groups excluding tert-OH is 1. The highest BCUT2D eigenvalue weighted by atomic mass is 16.5. The lowest BCUT2D eigenvalue weighted by Crippen LogP contribution is -2.25. The van der Waals surface area contributed by atoms with Crippen LogP contribution in [0.4, 0.5) is 0 Å². The average Bonchev–Trinajstić information content (AvgIpc) is 2.36. The van der Waals surface area contributed by atoms with Crippen molar-refractivity contribution in [1.29, 1.82) is 0 Å². The molecule has 1 saturated heterocycles. The van der Waals surface area contributed by atoms with Crippen LogP contribution in [0.25, 0.3) is 0 Å². The van der Waals surface area contributed by atoms with Crippen molar-refractivity contribution in [3.05, 3.63) is 0 Å². The smallest absolute Gasteiger partial charge is 0.0910 e. The molecule has 0 radical (unpaired) electrons. The largest absolute Gasteiger partial charge is 0.389 e. The zero-order valence-corrected chi connectivity index (χ0v) is 6.79. The van der Waals surface area contributed by atoms with Crippen molar-refractivity contribution in [1.82, 2.24) is 0 Å². The Morgan fingerprint density at radius 1 is 1.73 bits per heavy atom. The summed E-state index contributed by atoms with van der Waals surface area (Å²) in [5.41, 5.74) is 0. The molecule has 2 nitrogen and oxygen atoms in total. The number of ether oxygens (including phenoxy) is 1. The highest BCUT2D eigenvalue weighted by molar-refractivity contribution is 4.91. The van der Waals surface area contributed by atoms with Gasteiger partial charge >= 0.3 is 0 Å². The third kappa shape index (κ3) is 2.21. The van der Waals surface area contributed by atoms with Crippen LogP contribution in [0, 0.1) is 12.3 Å². The second-order valence-corrected chi connectivity index (χ2v) is 3.04. The van der Waals surface area contributed by atoms with Gasteiger partial charge in [-0.05, 0) is 19.8 Å². The first-order valence-corrected chi connectivity index (χ1v) is 4.01. The summed E-state index contributed by atoms with van der Waals surface area (Å²) in [6, 6.07) is 0. The molecular formula is C9H14O2. The molecule has 0 aliphatic carbocycles. The molecule has 3 atom stereocenters. The van der Waals surface area contributed by atoms with Crippen LogP contribution in [0.3, 0.4) is 0 Å². The Hall–Kier alpha value is -0.520. The molecule has 3 unspecified atom stereocenters. The summed E-state index contributed by atoms with van der Waals surface area (Å²) in [5.74, 6) is 2.43. The third-order valence-electron chi connectivity index (χ3n) is 2.02. The maximum atomic E-state index is 9.40. The van der Waals surface area contributed by atoms with E-state index in [9.17, 15) is 5.11 Å². The van der Waals surface area contributed by atoms with Crippen molar-refractivity contribution in [2.45, 2.75) is 44.5 Å². The van der Waals surface area contributed by atoms with Gasteiger partial charge in [-0.15, -0.1) is 12.3 Å². The van der Waals surface area contributed by atoms with E-state index >= 15 is 0 Å². The molecule has 1 heterocycles. The monoisotopic (exact) mass is 154 g/mol. The zero-order chi connectivity index (χ0) is 8.27. The zero-order valence-electron chi connectivity index (χ0n) is 6.79. The minimum atomic E-state index is -0.468. The van der Waals surface area contributed by atoms with Gasteiger partial charge in [0.15, 0.2) is 0 Å². The van der Waals surface area contributed by atoms with Gasteiger partial charge in [0, 0.05) is 6.42 Å². The Labute approximate surface area is 67.6 Å². The number of hydrogen-bond acceptors (Lipinski definition) is 2. The highest BCUT2D eigenvalue weighted by Crippen LogP contribution is 2.22. The Morgan fingerprint density at radius 3 is 2.91 bits per heavy atom. The highest BCUT2D eigenvalue weighted by Gasteiger charge is 2.27. The molecule has 0 aromatic carbocycles. The predicted molar refractivity (Wildman–Crippen MR) is 43.0 cm³/mol. The molecule has 0 amide bonds. The van der Waals surface area contributed by atoms with E-state index in [0.717, 1.165) is 12.8 Å². The van der Waals surface area contributed by atoms with E-state index in [4.69, 9.17) is 11.2 Å². The third-order valence-corrected chi connectivity index (χ3v) is 2.02. The predicted octanol–water partition coefficient (Wildman–Crippen LogP) is 0.938. The second-order valence-electron chi connectivity index (χ2n) is 3.04. The molecule has 1 N–H and O–H groups in total. The van der Waals surface area contributed by atoms with Gasteiger partial charge in [0.2, 0.25) is 0 Å². The van der Waals surface area contributed by atoms with Crippen LogP contribution in [0.2, 0.25) is 0 Å². The molecule has 62 valence electrons. The van der Waals surface area contributed by atoms with Crippen LogP contribution in [0.1, 0.15) is 26.2 Å². The lowest BCUT2D eigenvalue weighted by atomic mass is 10.1. The Bertz CT molecular complexity index is 159. The van der Waals surface area contributed by atoms with Crippen LogP contribution in [0.15, 0.2) is 0 Å². The fraction of sp³-hybridized carbons (Fsp3) is 0.778. The fourth-order valence-corrected chi connectivity index (χ4v) is 1.37. The van der Waals surface area contributed by atoms with E-state index in [-0.39, 0.29) is 12.2 Å². The molecule has 11 heavy (non-hydrogen) atoms. The van der Waals surface area contributed by atoms with Gasteiger partial charge in [-0.25, -0.2) is 0 Å². The molecular weight excluding hydrogens is 140 g/mol. The van der Waals surface area contributed by atoms with E-state index in [1.165, 1.54) is 0 Å². The summed E-state index contributed by atoms with van der Waals surface area (Å²) in [6.07, 6.45) is 7.23. The van der Waals surface area contributed by atoms with Crippen LogP contribution in [-0.2, 0) is 4.74 Å². The van der Waals surface area contributed by atoms with Crippen molar-refractivity contribution >= 4 is 0 Å². The SMILES string of the molecule is C#CCC(O)C1CCC(C)O1. The Balaban J connectivity index is 2.32. The van der Waals surface area contributed by atoms with Gasteiger partial charge in [0.1, 0.15) is 0 Å². The van der Waals surface area contributed by atoms with Gasteiger partial charge in [-0.3, -0.25) is 0 Å². The molecule has 0 aromatic rings. The Kier molecular flexibility index (Phi) is 2.92. The van der Waals surface area contributed by atoms with Gasteiger partial charge in [-0.1, -0.05) is 0 Å². The fourth-order valence-electron chi connectivity index (χ4n) is 1.37. The number of hydrogen-bond donors (Lipinski definition) is 1. The quantitative estimate of drug-likeness (QED) is 0.600. The van der Waals surface area contributed by atoms with Crippen molar-refractivity contribution < 1.29 is 9.84 Å². The molecule has 0 aromatic heterocycles. The van der Waals surface area contributed by atoms with E-state index < -0.39 is 6.10 Å². The first-order valence-electron chi connectivity index (χ1n) is 4.01. The van der Waals surface area contributed by atoms with Crippen molar-refractivity contribution in [2.24, 2.45) is 0 Å². The normalized spacial score (nSPS) is 33.2. The van der Waals surface area contributed by atoms with Crippen LogP contribution < -0.4 is 0 Å². The van der Waals surface area contributed by atoms with Crippen LogP contribution in [0.5, 0.6) is 0 Å². The first kappa shape index (κ1) is 8.58. The molecule has 0 saturated carbocycles. The maximum absolute atomic E-state index is 9.40. The minimum absolute atomic E-state index is 0.0268. The second kappa shape index (κ2) is 3.75. The molecule has 2 heteroatoms. The molecule has 0 bridgehead atoms. The Morgan fingerprint density at radius 2 is 2.45 bits per heavy atom. The van der Waals surface area contributed by atoms with Crippen LogP contribution in [-0.4, -0.2) is 23.4 Å². The molecule has 1 rings (SSSR count). The summed E-state index contributed by atoms with van der Waals surface area (Å²) in [4.78, 5) is 0. The standard InChI is InChI=1S/C9H14O2/c1-3-4-8(10)9-6-5-7(2)11-9/h1,7-10H,4-6H2,2H3. The summed E-state index contributed by atoms with van der Waals surface area (Å²) >= 11 is 0. The van der Waals surface area contributed by atoms with Gasteiger partial charge in [0.05, 0.1) is 18.3 Å². The summed E-state index contributed by atoms with van der Waals surface area (Å²) in [6.45, 7) is 2.02. The molecule has 1 aliphatic rings. The van der Waals surface area contributed by atoms with E-state index in [1.807, 2.05) is 6.92 Å². The number of rotatable bonds is 2. The maximum Gasteiger partial charge on any atom is 0.0910 e. The van der Waals surface area contributed by atoms with E-state index in [0.29, 0.717) is 6.42 Å². The average molecular weight is 154 g/mol. The van der Waals surface area contributed by atoms with Gasteiger partial charge in [0.25, 0.3) is 0 Å².